The normalized spacial score (nSPS) is 16.7. The van der Waals surface area contributed by atoms with Gasteiger partial charge in [0.05, 0.1) is 26.6 Å². The standard InChI is InChI=1S/C28H30N4O5S3/c1-3-22-8-4-5-16-32(22)40(36,37)23-11-9-21(10-12-23)27(33)31(19-20-7-6-15-29-18-20)28-30-25-14-13-24(39(2,34)35)17-26(25)38-28/h6-7,9-15,17-18,22H,3-5,8,16,19H2,1-2H3. The third kappa shape index (κ3) is 5.80. The molecule has 2 aromatic carbocycles. The van der Waals surface area contributed by atoms with Crippen LogP contribution >= 0.6 is 11.3 Å². The molecule has 9 nitrogen and oxygen atoms in total. The first-order chi connectivity index (χ1) is 19.1. The topological polar surface area (TPSA) is 118 Å². The van der Waals surface area contributed by atoms with Crippen LogP contribution in [-0.4, -0.2) is 55.9 Å². The number of pyridine rings is 1. The number of fused-ring (bicyclic) bond motifs is 1. The molecule has 1 aliphatic heterocycles. The lowest BCUT2D eigenvalue weighted by atomic mass is 10.0. The Kier molecular flexibility index (Phi) is 8.05. The Morgan fingerprint density at radius 2 is 1.80 bits per heavy atom. The van der Waals surface area contributed by atoms with Crippen molar-refractivity contribution in [1.29, 1.82) is 0 Å². The fraction of sp³-hybridized carbons (Fsp3) is 0.321. The summed E-state index contributed by atoms with van der Waals surface area (Å²) >= 11 is 1.21. The summed E-state index contributed by atoms with van der Waals surface area (Å²) in [5.74, 6) is -0.361. The average Bonchev–Trinajstić information content (AvgIpc) is 3.39. The second-order valence-corrected chi connectivity index (χ2v) is 14.8. The van der Waals surface area contributed by atoms with Crippen LogP contribution in [0.2, 0.25) is 0 Å². The lowest BCUT2D eigenvalue weighted by Gasteiger charge is -2.34. The molecule has 2 aromatic heterocycles. The molecular formula is C28H30N4O5S3. The van der Waals surface area contributed by atoms with Crippen molar-refractivity contribution in [3.05, 3.63) is 78.1 Å². The zero-order valence-electron chi connectivity index (χ0n) is 22.2. The van der Waals surface area contributed by atoms with Gasteiger partial charge in [-0.3, -0.25) is 14.7 Å². The lowest BCUT2D eigenvalue weighted by molar-refractivity contribution is 0.0985. The molecule has 1 atom stereocenters. The van der Waals surface area contributed by atoms with Crippen LogP contribution in [-0.2, 0) is 26.4 Å². The summed E-state index contributed by atoms with van der Waals surface area (Å²) in [7, 11) is -7.08. The summed E-state index contributed by atoms with van der Waals surface area (Å²) < 4.78 is 53.1. The van der Waals surface area contributed by atoms with E-state index in [1.54, 1.807) is 34.9 Å². The lowest BCUT2D eigenvalue weighted by Crippen LogP contribution is -2.43. The highest BCUT2D eigenvalue weighted by molar-refractivity contribution is 7.90. The average molecular weight is 599 g/mol. The number of hydrogen-bond acceptors (Lipinski definition) is 8. The Balaban J connectivity index is 1.48. The van der Waals surface area contributed by atoms with Crippen molar-refractivity contribution in [2.24, 2.45) is 0 Å². The van der Waals surface area contributed by atoms with E-state index >= 15 is 0 Å². The number of piperidine rings is 1. The molecule has 210 valence electrons. The molecule has 40 heavy (non-hydrogen) atoms. The predicted molar refractivity (Wildman–Crippen MR) is 156 cm³/mol. The second kappa shape index (κ2) is 11.4. The Hall–Kier alpha value is -3.19. The van der Waals surface area contributed by atoms with E-state index in [9.17, 15) is 21.6 Å². The van der Waals surface area contributed by atoms with E-state index in [1.807, 2.05) is 13.0 Å². The number of sulfone groups is 1. The van der Waals surface area contributed by atoms with Gasteiger partial charge in [0.15, 0.2) is 15.0 Å². The number of benzene rings is 2. The third-order valence-corrected chi connectivity index (χ3v) is 11.2. The van der Waals surface area contributed by atoms with Gasteiger partial charge in [-0.2, -0.15) is 4.31 Å². The van der Waals surface area contributed by atoms with Gasteiger partial charge in [0.2, 0.25) is 10.0 Å². The van der Waals surface area contributed by atoms with Crippen LogP contribution in [0.15, 0.2) is 76.8 Å². The van der Waals surface area contributed by atoms with Crippen LogP contribution < -0.4 is 4.90 Å². The Morgan fingerprint density at radius 3 is 2.48 bits per heavy atom. The number of nitrogens with zero attached hydrogens (tertiary/aromatic N) is 4. The molecule has 0 radical (unpaired) electrons. The quantitative estimate of drug-likeness (QED) is 0.283. The molecule has 1 saturated heterocycles. The Bertz CT molecular complexity index is 1740. The highest BCUT2D eigenvalue weighted by Crippen LogP contribution is 2.33. The number of rotatable bonds is 8. The first-order valence-corrected chi connectivity index (χ1v) is 17.2. The van der Waals surface area contributed by atoms with Crippen LogP contribution in [0.5, 0.6) is 0 Å². The van der Waals surface area contributed by atoms with E-state index in [-0.39, 0.29) is 28.3 Å². The van der Waals surface area contributed by atoms with Crippen molar-refractivity contribution in [3.8, 4) is 0 Å². The molecule has 0 aliphatic carbocycles. The van der Waals surface area contributed by atoms with Gasteiger partial charge in [-0.15, -0.1) is 0 Å². The van der Waals surface area contributed by atoms with Gasteiger partial charge < -0.3 is 0 Å². The Labute approximate surface area is 238 Å². The summed E-state index contributed by atoms with van der Waals surface area (Å²) in [6.45, 7) is 2.68. The highest BCUT2D eigenvalue weighted by Gasteiger charge is 2.32. The van der Waals surface area contributed by atoms with Crippen LogP contribution in [0.4, 0.5) is 5.13 Å². The number of amides is 1. The zero-order valence-corrected chi connectivity index (χ0v) is 24.7. The van der Waals surface area contributed by atoms with Gasteiger partial charge in [0, 0.05) is 36.8 Å². The molecular weight excluding hydrogens is 569 g/mol. The van der Waals surface area contributed by atoms with Gasteiger partial charge in [0.1, 0.15) is 0 Å². The van der Waals surface area contributed by atoms with Crippen molar-refractivity contribution in [3.63, 3.8) is 0 Å². The molecule has 3 heterocycles. The predicted octanol–water partition coefficient (Wildman–Crippen LogP) is 4.90. The maximum atomic E-state index is 13.8. The molecule has 1 amide bonds. The third-order valence-electron chi connectivity index (χ3n) is 7.07. The number of carbonyl (C=O) groups is 1. The second-order valence-electron chi connectivity index (χ2n) is 9.85. The van der Waals surface area contributed by atoms with Crippen LogP contribution in [0, 0.1) is 0 Å². The number of anilines is 1. The molecule has 0 bridgehead atoms. The number of hydrogen-bond donors (Lipinski definition) is 0. The molecule has 12 heteroatoms. The van der Waals surface area contributed by atoms with Gasteiger partial charge in [-0.05, 0) is 73.4 Å². The number of carbonyl (C=O) groups excluding carboxylic acids is 1. The summed E-state index contributed by atoms with van der Waals surface area (Å²) in [5.41, 5.74) is 1.66. The Morgan fingerprint density at radius 1 is 1.05 bits per heavy atom. The molecule has 5 rings (SSSR count). The zero-order chi connectivity index (χ0) is 28.5. The van der Waals surface area contributed by atoms with Gasteiger partial charge >= 0.3 is 0 Å². The van der Waals surface area contributed by atoms with E-state index in [0.717, 1.165) is 37.5 Å². The smallest absolute Gasteiger partial charge is 0.260 e. The van der Waals surface area contributed by atoms with Crippen molar-refractivity contribution >= 4 is 52.5 Å². The van der Waals surface area contributed by atoms with Gasteiger partial charge in [-0.25, -0.2) is 21.8 Å². The maximum Gasteiger partial charge on any atom is 0.260 e. The fourth-order valence-electron chi connectivity index (χ4n) is 4.90. The van der Waals surface area contributed by atoms with E-state index in [4.69, 9.17) is 0 Å². The van der Waals surface area contributed by atoms with E-state index < -0.39 is 19.9 Å². The molecule has 0 saturated carbocycles. The van der Waals surface area contributed by atoms with E-state index in [1.165, 1.54) is 46.6 Å². The first-order valence-electron chi connectivity index (χ1n) is 13.0. The SMILES string of the molecule is CCC1CCCCN1S(=O)(=O)c1ccc(C(=O)N(Cc2cccnc2)c2nc3ccc(S(C)(=O)=O)cc3s2)cc1. The van der Waals surface area contributed by atoms with Gasteiger partial charge in [0.25, 0.3) is 5.91 Å². The summed E-state index contributed by atoms with van der Waals surface area (Å²) in [6, 6.07) is 14.3. The molecule has 1 unspecified atom stereocenters. The summed E-state index contributed by atoms with van der Waals surface area (Å²) in [6.07, 6.45) is 7.91. The summed E-state index contributed by atoms with van der Waals surface area (Å²) in [4.78, 5) is 24.4. The van der Waals surface area contributed by atoms with Crippen molar-refractivity contribution in [1.82, 2.24) is 14.3 Å². The van der Waals surface area contributed by atoms with Crippen molar-refractivity contribution in [2.45, 2.75) is 55.0 Å². The summed E-state index contributed by atoms with van der Waals surface area (Å²) in [5, 5.41) is 0.394. The number of sulfonamides is 1. The molecule has 1 fully saturated rings. The van der Waals surface area contributed by atoms with E-state index in [0.29, 0.717) is 27.5 Å². The molecule has 4 aromatic rings. The minimum atomic E-state index is -3.68. The first kappa shape index (κ1) is 28.3. The van der Waals surface area contributed by atoms with Crippen LogP contribution in [0.25, 0.3) is 10.2 Å². The highest BCUT2D eigenvalue weighted by atomic mass is 32.2. The fourth-order valence-corrected chi connectivity index (χ4v) is 8.39. The van der Waals surface area contributed by atoms with Crippen LogP contribution in [0.3, 0.4) is 0 Å². The van der Waals surface area contributed by atoms with Crippen molar-refractivity contribution in [2.75, 3.05) is 17.7 Å². The number of aromatic nitrogens is 2. The molecule has 0 N–H and O–H groups in total. The van der Waals surface area contributed by atoms with Crippen LogP contribution in [0.1, 0.15) is 48.5 Å². The minimum Gasteiger partial charge on any atom is -0.279 e. The number of thiazole rings is 1. The maximum absolute atomic E-state index is 13.8. The van der Waals surface area contributed by atoms with Gasteiger partial charge in [-0.1, -0.05) is 30.7 Å². The van der Waals surface area contributed by atoms with E-state index in [2.05, 4.69) is 9.97 Å². The van der Waals surface area contributed by atoms with Crippen molar-refractivity contribution < 1.29 is 21.6 Å². The monoisotopic (exact) mass is 598 g/mol. The molecule has 0 spiro atoms. The largest absolute Gasteiger partial charge is 0.279 e. The molecule has 1 aliphatic rings. The minimum absolute atomic E-state index is 0.0164.